The maximum atomic E-state index is 14.2. The molecule has 0 aliphatic heterocycles. The SMILES string of the molecule is COCCNC(=O)[C@H](c1ccc(O)cc1)N(C(=O)c1snc(C(N)=O)c1N)c1cccc(F)c1. The van der Waals surface area contributed by atoms with Gasteiger partial charge in [0.1, 0.15) is 22.5 Å². The average molecular weight is 488 g/mol. The van der Waals surface area contributed by atoms with Crippen molar-refractivity contribution in [2.24, 2.45) is 5.73 Å². The van der Waals surface area contributed by atoms with Crippen molar-refractivity contribution in [2.75, 3.05) is 30.9 Å². The number of hydrogen-bond donors (Lipinski definition) is 4. The van der Waals surface area contributed by atoms with E-state index >= 15 is 0 Å². The molecule has 3 amide bonds. The topological polar surface area (TPSA) is 161 Å². The minimum absolute atomic E-state index is 0.0521. The molecule has 0 spiro atoms. The third-order valence-corrected chi connectivity index (χ3v) is 5.63. The summed E-state index contributed by atoms with van der Waals surface area (Å²) < 4.78 is 23.0. The number of phenols is 1. The van der Waals surface area contributed by atoms with Crippen molar-refractivity contribution in [2.45, 2.75) is 6.04 Å². The minimum atomic E-state index is -1.30. The van der Waals surface area contributed by atoms with E-state index in [1.807, 2.05) is 0 Å². The highest BCUT2D eigenvalue weighted by Crippen LogP contribution is 2.33. The highest BCUT2D eigenvalue weighted by atomic mass is 32.1. The van der Waals surface area contributed by atoms with Crippen LogP contribution in [-0.2, 0) is 9.53 Å². The molecule has 1 atom stereocenters. The second-order valence-electron chi connectivity index (χ2n) is 7.07. The zero-order valence-electron chi connectivity index (χ0n) is 18.0. The Hall–Kier alpha value is -4.03. The van der Waals surface area contributed by atoms with Crippen LogP contribution in [0.5, 0.6) is 5.75 Å². The van der Waals surface area contributed by atoms with Crippen molar-refractivity contribution >= 4 is 40.6 Å². The van der Waals surface area contributed by atoms with Crippen LogP contribution in [0.3, 0.4) is 0 Å². The zero-order valence-corrected chi connectivity index (χ0v) is 18.8. The Bertz CT molecular complexity index is 1200. The number of phenolic OH excluding ortho intramolecular Hbond substituents is 1. The zero-order chi connectivity index (χ0) is 24.8. The van der Waals surface area contributed by atoms with E-state index in [1.165, 1.54) is 49.6 Å². The predicted molar refractivity (Wildman–Crippen MR) is 124 cm³/mol. The molecule has 1 aromatic heterocycles. The maximum Gasteiger partial charge on any atom is 0.273 e. The van der Waals surface area contributed by atoms with Crippen LogP contribution in [0.1, 0.15) is 31.8 Å². The fourth-order valence-corrected chi connectivity index (χ4v) is 3.94. The number of rotatable bonds is 9. The summed E-state index contributed by atoms with van der Waals surface area (Å²) in [5, 5.41) is 12.4. The Kier molecular flexibility index (Phi) is 7.76. The number of nitrogens with zero attached hydrogens (tertiary/aromatic N) is 2. The van der Waals surface area contributed by atoms with Gasteiger partial charge in [0, 0.05) is 19.3 Å². The van der Waals surface area contributed by atoms with E-state index in [4.69, 9.17) is 16.2 Å². The molecule has 12 heteroatoms. The second-order valence-corrected chi connectivity index (χ2v) is 7.84. The number of hydrogen-bond acceptors (Lipinski definition) is 8. The Morgan fingerprint density at radius 2 is 1.94 bits per heavy atom. The van der Waals surface area contributed by atoms with Gasteiger partial charge in [0.15, 0.2) is 5.69 Å². The van der Waals surface area contributed by atoms with E-state index in [1.54, 1.807) is 0 Å². The van der Waals surface area contributed by atoms with Crippen molar-refractivity contribution in [3.63, 3.8) is 0 Å². The molecule has 10 nitrogen and oxygen atoms in total. The molecule has 3 aromatic rings. The molecule has 3 rings (SSSR count). The number of carbonyl (C=O) groups is 3. The molecule has 6 N–H and O–H groups in total. The van der Waals surface area contributed by atoms with Crippen LogP contribution in [0.2, 0.25) is 0 Å². The van der Waals surface area contributed by atoms with Gasteiger partial charge in [-0.25, -0.2) is 4.39 Å². The quantitative estimate of drug-likeness (QED) is 0.335. The Labute approximate surface area is 198 Å². The number of methoxy groups -OCH3 is 1. The van der Waals surface area contributed by atoms with Crippen molar-refractivity contribution in [1.82, 2.24) is 9.69 Å². The standard InChI is InChI=1S/C22H22FN5O5S/c1-33-10-9-26-21(31)18(12-5-7-15(29)8-6-12)28(14-4-2-3-13(23)11-14)22(32)19-16(24)17(20(25)30)27-34-19/h2-8,11,18,29H,9-10,24H2,1H3,(H2,25,30)(H,26,31)/t18-/m0/s1. The summed E-state index contributed by atoms with van der Waals surface area (Å²) in [6.45, 7) is 0.356. The maximum absolute atomic E-state index is 14.2. The van der Waals surface area contributed by atoms with Crippen LogP contribution in [0.15, 0.2) is 48.5 Å². The van der Waals surface area contributed by atoms with Crippen molar-refractivity contribution in [3.05, 3.63) is 70.5 Å². The molecule has 178 valence electrons. The first-order valence-corrected chi connectivity index (χ1v) is 10.7. The summed E-state index contributed by atoms with van der Waals surface area (Å²) in [4.78, 5) is 39.5. The first-order valence-electron chi connectivity index (χ1n) is 9.94. The van der Waals surface area contributed by atoms with Crippen molar-refractivity contribution in [3.8, 4) is 5.75 Å². The summed E-state index contributed by atoms with van der Waals surface area (Å²) >= 11 is 0.636. The number of benzene rings is 2. The molecule has 0 fully saturated rings. The molecule has 2 aromatic carbocycles. The van der Waals surface area contributed by atoms with Gasteiger partial charge in [0.25, 0.3) is 11.8 Å². The van der Waals surface area contributed by atoms with E-state index in [-0.39, 0.29) is 40.8 Å². The molecule has 0 aliphatic carbocycles. The number of carbonyl (C=O) groups excluding carboxylic acids is 3. The molecular weight excluding hydrogens is 465 g/mol. The molecule has 0 unspecified atom stereocenters. The number of aromatic hydroxyl groups is 1. The lowest BCUT2D eigenvalue weighted by Gasteiger charge is -2.31. The fourth-order valence-electron chi connectivity index (χ4n) is 3.20. The van der Waals surface area contributed by atoms with E-state index in [2.05, 4.69) is 9.69 Å². The lowest BCUT2D eigenvalue weighted by atomic mass is 10.0. The molecule has 0 bridgehead atoms. The number of amides is 3. The van der Waals surface area contributed by atoms with E-state index in [0.717, 1.165) is 11.0 Å². The molecule has 0 aliphatic rings. The monoisotopic (exact) mass is 487 g/mol. The van der Waals surface area contributed by atoms with E-state index in [0.29, 0.717) is 17.1 Å². The van der Waals surface area contributed by atoms with E-state index < -0.39 is 29.6 Å². The second kappa shape index (κ2) is 10.7. The van der Waals surface area contributed by atoms with Crippen molar-refractivity contribution in [1.29, 1.82) is 0 Å². The average Bonchev–Trinajstić information content (AvgIpc) is 3.19. The van der Waals surface area contributed by atoms with Gasteiger partial charge < -0.3 is 26.6 Å². The molecule has 0 saturated carbocycles. The summed E-state index contributed by atoms with van der Waals surface area (Å²) in [5.74, 6) is -3.01. The summed E-state index contributed by atoms with van der Waals surface area (Å²) in [6, 6.07) is 9.42. The molecule has 1 heterocycles. The van der Waals surface area contributed by atoms with Gasteiger partial charge in [-0.2, -0.15) is 4.37 Å². The molecule has 34 heavy (non-hydrogen) atoms. The third kappa shape index (κ3) is 5.30. The first-order chi connectivity index (χ1) is 16.2. The van der Waals surface area contributed by atoms with Crippen molar-refractivity contribution < 1.29 is 28.6 Å². The number of anilines is 2. The number of primary amides is 1. The number of nitrogens with two attached hydrogens (primary N) is 2. The Morgan fingerprint density at radius 3 is 2.53 bits per heavy atom. The minimum Gasteiger partial charge on any atom is -0.508 e. The third-order valence-electron chi connectivity index (χ3n) is 4.78. The summed E-state index contributed by atoms with van der Waals surface area (Å²) in [5.41, 5.74) is 11.1. The van der Waals surface area contributed by atoms with Crippen LogP contribution < -0.4 is 21.7 Å². The summed E-state index contributed by atoms with van der Waals surface area (Å²) in [7, 11) is 1.47. The van der Waals surface area contributed by atoms with Crippen LogP contribution in [0, 0.1) is 5.82 Å². The number of nitrogen functional groups attached to an aromatic ring is 1. The highest BCUT2D eigenvalue weighted by molar-refractivity contribution is 7.09. The van der Waals surface area contributed by atoms with Gasteiger partial charge in [-0.3, -0.25) is 19.3 Å². The lowest BCUT2D eigenvalue weighted by molar-refractivity contribution is -0.122. The lowest BCUT2D eigenvalue weighted by Crippen LogP contribution is -2.44. The highest BCUT2D eigenvalue weighted by Gasteiger charge is 2.36. The van der Waals surface area contributed by atoms with Crippen LogP contribution >= 0.6 is 11.5 Å². The first kappa shape index (κ1) is 24.6. The van der Waals surface area contributed by atoms with E-state index in [9.17, 15) is 23.9 Å². The molecule has 0 saturated heterocycles. The largest absolute Gasteiger partial charge is 0.508 e. The van der Waals surface area contributed by atoms with Gasteiger partial charge in [0.2, 0.25) is 5.91 Å². The van der Waals surface area contributed by atoms with Gasteiger partial charge in [0.05, 0.1) is 12.3 Å². The van der Waals surface area contributed by atoms with Crippen LogP contribution in [0.25, 0.3) is 0 Å². The fraction of sp³-hybridized carbons (Fsp3) is 0.182. The molecule has 0 radical (unpaired) electrons. The van der Waals surface area contributed by atoms with Crippen LogP contribution in [-0.4, -0.2) is 47.5 Å². The molecular formula is C22H22FN5O5S. The normalized spacial score (nSPS) is 11.6. The predicted octanol–water partition coefficient (Wildman–Crippen LogP) is 1.82. The number of ether oxygens (including phenoxy) is 1. The van der Waals surface area contributed by atoms with Gasteiger partial charge in [-0.1, -0.05) is 18.2 Å². The Morgan fingerprint density at radius 1 is 1.24 bits per heavy atom. The number of aromatic nitrogens is 1. The smallest absolute Gasteiger partial charge is 0.273 e. The van der Waals surface area contributed by atoms with Gasteiger partial charge >= 0.3 is 0 Å². The summed E-state index contributed by atoms with van der Waals surface area (Å²) in [6.07, 6.45) is 0. The van der Waals surface area contributed by atoms with Gasteiger partial charge in [-0.05, 0) is 47.4 Å². The van der Waals surface area contributed by atoms with Crippen LogP contribution in [0.4, 0.5) is 15.8 Å². The number of nitrogens with one attached hydrogen (secondary N) is 1. The number of halogens is 1. The van der Waals surface area contributed by atoms with Gasteiger partial charge in [-0.15, -0.1) is 0 Å². The Balaban J connectivity index is 2.17.